The lowest BCUT2D eigenvalue weighted by Gasteiger charge is -2.08. The Morgan fingerprint density at radius 1 is 0.958 bits per heavy atom. The van der Waals surface area contributed by atoms with Crippen molar-refractivity contribution in [1.29, 1.82) is 0 Å². The van der Waals surface area contributed by atoms with Gasteiger partial charge in [0.15, 0.2) is 0 Å². The molecule has 0 aliphatic carbocycles. The summed E-state index contributed by atoms with van der Waals surface area (Å²) in [7, 11) is 0. The van der Waals surface area contributed by atoms with Crippen LogP contribution in [0.25, 0.3) is 11.1 Å². The lowest BCUT2D eigenvalue weighted by molar-refractivity contribution is -0.137. The quantitative estimate of drug-likeness (QED) is 0.522. The molecule has 0 fully saturated rings. The average molecular weight is 349 g/mol. The van der Waals surface area contributed by atoms with E-state index in [1.165, 1.54) is 0 Å². The van der Waals surface area contributed by atoms with E-state index in [4.69, 9.17) is 10.8 Å². The molecule has 0 bridgehead atoms. The van der Waals surface area contributed by atoms with Crippen molar-refractivity contribution in [2.45, 2.75) is 25.7 Å². The molecule has 2 aromatic rings. The molecule has 128 valence electrons. The average Bonchev–Trinajstić information content (AvgIpc) is 2.52. The molecule has 0 saturated heterocycles. The van der Waals surface area contributed by atoms with Gasteiger partial charge >= 0.3 is 5.97 Å². The summed E-state index contributed by atoms with van der Waals surface area (Å²) in [6.45, 7) is 0. The SMILES string of the molecule is Cl.Nc1cccc(-c2cccc(NC(=O)CCCCC(=O)O)c2)c1. The molecule has 0 aliphatic rings. The second-order valence-corrected chi connectivity index (χ2v) is 5.36. The number of carbonyl (C=O) groups excluding carboxylic acids is 1. The highest BCUT2D eigenvalue weighted by molar-refractivity contribution is 5.91. The van der Waals surface area contributed by atoms with E-state index in [-0.39, 0.29) is 24.7 Å². The van der Waals surface area contributed by atoms with Crippen LogP contribution in [0.1, 0.15) is 25.7 Å². The Kier molecular flexibility index (Phi) is 7.79. The van der Waals surface area contributed by atoms with Crippen molar-refractivity contribution >= 4 is 35.7 Å². The van der Waals surface area contributed by atoms with E-state index < -0.39 is 5.97 Å². The number of nitrogen functional groups attached to an aromatic ring is 1. The Balaban J connectivity index is 0.00000288. The molecule has 0 aliphatic heterocycles. The summed E-state index contributed by atoms with van der Waals surface area (Å²) < 4.78 is 0. The van der Waals surface area contributed by atoms with Gasteiger partial charge in [0, 0.05) is 24.2 Å². The fraction of sp³-hybridized carbons (Fsp3) is 0.222. The highest BCUT2D eigenvalue weighted by Crippen LogP contribution is 2.24. The second-order valence-electron chi connectivity index (χ2n) is 5.36. The van der Waals surface area contributed by atoms with Crippen molar-refractivity contribution in [2.75, 3.05) is 11.1 Å². The summed E-state index contributed by atoms with van der Waals surface area (Å²) in [4.78, 5) is 22.3. The van der Waals surface area contributed by atoms with Crippen molar-refractivity contribution in [2.24, 2.45) is 0 Å². The molecule has 1 amide bonds. The predicted molar refractivity (Wildman–Crippen MR) is 98.3 cm³/mol. The van der Waals surface area contributed by atoms with Crippen LogP contribution in [-0.2, 0) is 9.59 Å². The van der Waals surface area contributed by atoms with Gasteiger partial charge in [0.25, 0.3) is 0 Å². The molecule has 0 aromatic heterocycles. The van der Waals surface area contributed by atoms with Crippen LogP contribution >= 0.6 is 12.4 Å². The minimum atomic E-state index is -0.833. The molecule has 0 radical (unpaired) electrons. The zero-order valence-electron chi connectivity index (χ0n) is 13.2. The number of carbonyl (C=O) groups is 2. The number of hydrogen-bond donors (Lipinski definition) is 3. The number of carboxylic acid groups (broad SMARTS) is 1. The summed E-state index contributed by atoms with van der Waals surface area (Å²) in [5.41, 5.74) is 9.16. The van der Waals surface area contributed by atoms with Gasteiger partial charge in [-0.2, -0.15) is 0 Å². The van der Waals surface area contributed by atoms with E-state index in [0.717, 1.165) is 11.1 Å². The molecule has 0 heterocycles. The molecular formula is C18H21ClN2O3. The van der Waals surface area contributed by atoms with Crippen molar-refractivity contribution in [1.82, 2.24) is 0 Å². The standard InChI is InChI=1S/C18H20N2O3.ClH/c19-15-7-3-5-13(11-15)14-6-4-8-16(12-14)20-17(21)9-1-2-10-18(22)23;/h3-8,11-12H,1-2,9-10,19H2,(H,20,21)(H,22,23);1H. The van der Waals surface area contributed by atoms with Crippen LogP contribution in [-0.4, -0.2) is 17.0 Å². The smallest absolute Gasteiger partial charge is 0.303 e. The normalized spacial score (nSPS) is 9.83. The van der Waals surface area contributed by atoms with Gasteiger partial charge in [-0.25, -0.2) is 0 Å². The minimum Gasteiger partial charge on any atom is -0.481 e. The number of halogens is 1. The minimum absolute atomic E-state index is 0. The van der Waals surface area contributed by atoms with Gasteiger partial charge in [-0.1, -0.05) is 24.3 Å². The summed E-state index contributed by atoms with van der Waals surface area (Å²) in [6.07, 6.45) is 1.48. The molecule has 24 heavy (non-hydrogen) atoms. The van der Waals surface area contributed by atoms with Gasteiger partial charge in [-0.15, -0.1) is 12.4 Å². The van der Waals surface area contributed by atoms with Gasteiger partial charge in [-0.3, -0.25) is 9.59 Å². The summed E-state index contributed by atoms with van der Waals surface area (Å²) in [6, 6.07) is 15.1. The number of nitrogens with one attached hydrogen (secondary N) is 1. The molecule has 2 aromatic carbocycles. The van der Waals surface area contributed by atoms with Crippen LogP contribution in [0, 0.1) is 0 Å². The third kappa shape index (κ3) is 6.30. The second kappa shape index (κ2) is 9.57. The number of benzene rings is 2. The fourth-order valence-corrected chi connectivity index (χ4v) is 2.28. The van der Waals surface area contributed by atoms with E-state index >= 15 is 0 Å². The highest BCUT2D eigenvalue weighted by atomic mass is 35.5. The van der Waals surface area contributed by atoms with Gasteiger partial charge < -0.3 is 16.2 Å². The molecule has 6 heteroatoms. The van der Waals surface area contributed by atoms with Crippen molar-refractivity contribution in [3.8, 4) is 11.1 Å². The van der Waals surface area contributed by atoms with Crippen LogP contribution in [0.3, 0.4) is 0 Å². The number of carboxylic acids is 1. The molecule has 2 rings (SSSR count). The number of anilines is 2. The zero-order chi connectivity index (χ0) is 16.7. The van der Waals surface area contributed by atoms with Gasteiger partial charge in [0.1, 0.15) is 0 Å². The van der Waals surface area contributed by atoms with Crippen molar-refractivity contribution < 1.29 is 14.7 Å². The largest absolute Gasteiger partial charge is 0.481 e. The number of unbranched alkanes of at least 4 members (excludes halogenated alkanes) is 1. The molecule has 0 spiro atoms. The fourth-order valence-electron chi connectivity index (χ4n) is 2.28. The Labute approximate surface area is 147 Å². The topological polar surface area (TPSA) is 92.4 Å². The Morgan fingerprint density at radius 2 is 1.58 bits per heavy atom. The maximum Gasteiger partial charge on any atom is 0.303 e. The molecule has 5 nitrogen and oxygen atoms in total. The number of amides is 1. The van der Waals surface area contributed by atoms with Crippen molar-refractivity contribution in [3.63, 3.8) is 0 Å². The first-order valence-electron chi connectivity index (χ1n) is 7.52. The summed E-state index contributed by atoms with van der Waals surface area (Å²) in [5.74, 6) is -0.944. The van der Waals surface area contributed by atoms with E-state index in [0.29, 0.717) is 30.6 Å². The van der Waals surface area contributed by atoms with Crippen LogP contribution in [0.15, 0.2) is 48.5 Å². The van der Waals surface area contributed by atoms with Gasteiger partial charge in [-0.05, 0) is 48.2 Å². The van der Waals surface area contributed by atoms with Crippen LogP contribution in [0.2, 0.25) is 0 Å². The summed E-state index contributed by atoms with van der Waals surface area (Å²) >= 11 is 0. The highest BCUT2D eigenvalue weighted by Gasteiger charge is 2.05. The van der Waals surface area contributed by atoms with Gasteiger partial charge in [0.05, 0.1) is 0 Å². The van der Waals surface area contributed by atoms with Crippen LogP contribution in [0.5, 0.6) is 0 Å². The van der Waals surface area contributed by atoms with Crippen LogP contribution < -0.4 is 11.1 Å². The van der Waals surface area contributed by atoms with Crippen molar-refractivity contribution in [3.05, 3.63) is 48.5 Å². The molecule has 0 saturated carbocycles. The lowest BCUT2D eigenvalue weighted by Crippen LogP contribution is -2.11. The number of nitrogens with two attached hydrogens (primary N) is 1. The third-order valence-corrected chi connectivity index (χ3v) is 3.41. The maximum atomic E-state index is 11.9. The lowest BCUT2D eigenvalue weighted by atomic mass is 10.0. The third-order valence-electron chi connectivity index (χ3n) is 3.41. The number of rotatable bonds is 7. The molecule has 0 unspecified atom stereocenters. The first-order valence-corrected chi connectivity index (χ1v) is 7.52. The monoisotopic (exact) mass is 348 g/mol. The first kappa shape index (κ1) is 19.5. The number of aliphatic carboxylic acids is 1. The van der Waals surface area contributed by atoms with E-state index in [1.807, 2.05) is 48.5 Å². The predicted octanol–water partition coefficient (Wildman–Crippen LogP) is 3.94. The first-order chi connectivity index (χ1) is 11.0. The van der Waals surface area contributed by atoms with Gasteiger partial charge in [0.2, 0.25) is 5.91 Å². The van der Waals surface area contributed by atoms with E-state index in [1.54, 1.807) is 0 Å². The Hall–Kier alpha value is -2.53. The maximum absolute atomic E-state index is 11.9. The summed E-state index contributed by atoms with van der Waals surface area (Å²) in [5, 5.41) is 11.4. The Morgan fingerprint density at radius 3 is 2.25 bits per heavy atom. The van der Waals surface area contributed by atoms with Crippen LogP contribution in [0.4, 0.5) is 11.4 Å². The van der Waals surface area contributed by atoms with E-state index in [2.05, 4.69) is 5.32 Å². The molecule has 4 N–H and O–H groups in total. The molecular weight excluding hydrogens is 328 g/mol. The zero-order valence-corrected chi connectivity index (χ0v) is 14.0. The van der Waals surface area contributed by atoms with E-state index in [9.17, 15) is 9.59 Å². The molecule has 0 atom stereocenters. The Bertz CT molecular complexity index is 704. The number of hydrogen-bond acceptors (Lipinski definition) is 3.